The van der Waals surface area contributed by atoms with Gasteiger partial charge in [0.1, 0.15) is 17.2 Å². The molecule has 3 nitrogen and oxygen atoms in total. The first-order valence-electron chi connectivity index (χ1n) is 5.74. The number of hydrogen-bond donors (Lipinski definition) is 3. The molecule has 0 aliphatic heterocycles. The maximum absolute atomic E-state index is 9.99. The minimum Gasteiger partial charge on any atom is -0.508 e. The summed E-state index contributed by atoms with van der Waals surface area (Å²) in [6, 6.07) is 6.23. The molecule has 3 heteroatoms. The van der Waals surface area contributed by atoms with Crippen LogP contribution in [0.25, 0.3) is 11.1 Å². The summed E-state index contributed by atoms with van der Waals surface area (Å²) in [5.74, 6) is 0.391. The van der Waals surface area contributed by atoms with Gasteiger partial charge in [-0.15, -0.1) is 0 Å². The van der Waals surface area contributed by atoms with Gasteiger partial charge < -0.3 is 15.3 Å². The van der Waals surface area contributed by atoms with Gasteiger partial charge in [0.05, 0.1) is 0 Å². The van der Waals surface area contributed by atoms with Crippen molar-refractivity contribution in [3.63, 3.8) is 0 Å². The van der Waals surface area contributed by atoms with Gasteiger partial charge in [0.25, 0.3) is 0 Å². The van der Waals surface area contributed by atoms with Gasteiger partial charge in [-0.05, 0) is 61.2 Å². The Morgan fingerprint density at radius 3 is 2.17 bits per heavy atom. The monoisotopic (exact) mass is 244 g/mol. The smallest absolute Gasteiger partial charge is 0.123 e. The fourth-order valence-electron chi connectivity index (χ4n) is 2.31. The van der Waals surface area contributed by atoms with Crippen molar-refractivity contribution in [2.75, 3.05) is 0 Å². The van der Waals surface area contributed by atoms with E-state index in [1.807, 2.05) is 19.9 Å². The van der Waals surface area contributed by atoms with Crippen molar-refractivity contribution in [3.05, 3.63) is 41.0 Å². The lowest BCUT2D eigenvalue weighted by Crippen LogP contribution is -1.92. The molecular weight excluding hydrogens is 228 g/mol. The summed E-state index contributed by atoms with van der Waals surface area (Å²) in [6.07, 6.45) is 0. The van der Waals surface area contributed by atoms with Crippen LogP contribution in [0.2, 0.25) is 0 Å². The van der Waals surface area contributed by atoms with Crippen LogP contribution in [0.1, 0.15) is 16.7 Å². The molecule has 0 amide bonds. The number of hydrogen-bond acceptors (Lipinski definition) is 3. The Labute approximate surface area is 106 Å². The van der Waals surface area contributed by atoms with E-state index in [1.165, 1.54) is 18.2 Å². The second-order valence-electron chi connectivity index (χ2n) is 4.56. The second kappa shape index (κ2) is 4.26. The van der Waals surface area contributed by atoms with Crippen LogP contribution in [0, 0.1) is 20.8 Å². The molecule has 3 N–H and O–H groups in total. The summed E-state index contributed by atoms with van der Waals surface area (Å²) < 4.78 is 0. The Bertz CT molecular complexity index is 616. The first kappa shape index (κ1) is 12.3. The molecule has 0 aliphatic carbocycles. The van der Waals surface area contributed by atoms with Crippen molar-refractivity contribution < 1.29 is 15.3 Å². The molecule has 0 heterocycles. The van der Waals surface area contributed by atoms with E-state index < -0.39 is 0 Å². The molecule has 0 aliphatic rings. The number of phenolic OH excluding ortho intramolecular Hbond substituents is 3. The van der Waals surface area contributed by atoms with E-state index in [-0.39, 0.29) is 17.2 Å². The first-order chi connectivity index (χ1) is 8.41. The molecule has 0 aromatic heterocycles. The minimum atomic E-state index is 0.0849. The van der Waals surface area contributed by atoms with Gasteiger partial charge >= 0.3 is 0 Å². The molecule has 0 radical (unpaired) electrons. The third-order valence-electron chi connectivity index (χ3n) is 3.18. The molecule has 2 aromatic carbocycles. The zero-order valence-corrected chi connectivity index (χ0v) is 10.7. The van der Waals surface area contributed by atoms with Crippen LogP contribution in [0.3, 0.4) is 0 Å². The average molecular weight is 244 g/mol. The van der Waals surface area contributed by atoms with Crippen molar-refractivity contribution >= 4 is 0 Å². The Balaban J connectivity index is 2.79. The number of rotatable bonds is 1. The van der Waals surface area contributed by atoms with E-state index >= 15 is 0 Å². The molecule has 2 rings (SSSR count). The fourth-order valence-corrected chi connectivity index (χ4v) is 2.31. The molecule has 0 saturated carbocycles. The van der Waals surface area contributed by atoms with Gasteiger partial charge in [0, 0.05) is 5.56 Å². The van der Waals surface area contributed by atoms with Crippen LogP contribution in [0.4, 0.5) is 0 Å². The van der Waals surface area contributed by atoms with Crippen molar-refractivity contribution in [1.29, 1.82) is 0 Å². The summed E-state index contributed by atoms with van der Waals surface area (Å²) in [5, 5.41) is 29.4. The molecule has 2 aromatic rings. The summed E-state index contributed by atoms with van der Waals surface area (Å²) in [6.45, 7) is 5.55. The zero-order valence-electron chi connectivity index (χ0n) is 10.7. The van der Waals surface area contributed by atoms with E-state index in [9.17, 15) is 15.3 Å². The van der Waals surface area contributed by atoms with E-state index in [0.29, 0.717) is 11.1 Å². The van der Waals surface area contributed by atoms with Gasteiger partial charge in [0.2, 0.25) is 0 Å². The largest absolute Gasteiger partial charge is 0.508 e. The van der Waals surface area contributed by atoms with Crippen LogP contribution in [0.5, 0.6) is 17.2 Å². The Hall–Kier alpha value is -2.16. The van der Waals surface area contributed by atoms with Crippen molar-refractivity contribution in [2.45, 2.75) is 20.8 Å². The SMILES string of the molecule is Cc1cc(C)c(-c2cc(O)ccc2O)c(C)c1O. The van der Waals surface area contributed by atoms with Crippen LogP contribution in [-0.2, 0) is 0 Å². The van der Waals surface area contributed by atoms with Crippen molar-refractivity contribution in [2.24, 2.45) is 0 Å². The Morgan fingerprint density at radius 1 is 0.833 bits per heavy atom. The van der Waals surface area contributed by atoms with Crippen LogP contribution < -0.4 is 0 Å². The standard InChI is InChI=1S/C15H16O3/c1-8-6-9(2)15(18)10(3)14(8)12-7-11(16)4-5-13(12)17/h4-7,16-18H,1-3H3. The topological polar surface area (TPSA) is 60.7 Å². The molecule has 0 spiro atoms. The van der Waals surface area contributed by atoms with Gasteiger partial charge in [-0.3, -0.25) is 0 Å². The van der Waals surface area contributed by atoms with Gasteiger partial charge in [0.15, 0.2) is 0 Å². The van der Waals surface area contributed by atoms with Crippen LogP contribution in [-0.4, -0.2) is 15.3 Å². The predicted molar refractivity (Wildman–Crippen MR) is 71.1 cm³/mol. The molecule has 0 saturated heterocycles. The fraction of sp³-hybridized carbons (Fsp3) is 0.200. The predicted octanol–water partition coefficient (Wildman–Crippen LogP) is 3.40. The Morgan fingerprint density at radius 2 is 1.50 bits per heavy atom. The molecule has 0 atom stereocenters. The lowest BCUT2D eigenvalue weighted by molar-refractivity contribution is 0.460. The summed E-state index contributed by atoms with van der Waals surface area (Å²) >= 11 is 0. The molecule has 0 bridgehead atoms. The van der Waals surface area contributed by atoms with Crippen LogP contribution in [0.15, 0.2) is 24.3 Å². The van der Waals surface area contributed by atoms with Gasteiger partial charge in [-0.2, -0.15) is 0 Å². The molecular formula is C15H16O3. The quantitative estimate of drug-likeness (QED) is 0.674. The summed E-state index contributed by atoms with van der Waals surface area (Å²) in [5.41, 5.74) is 3.73. The Kier molecular flexibility index (Phi) is 2.91. The number of benzene rings is 2. The van der Waals surface area contributed by atoms with Crippen LogP contribution >= 0.6 is 0 Å². The highest BCUT2D eigenvalue weighted by atomic mass is 16.3. The lowest BCUT2D eigenvalue weighted by Gasteiger charge is -2.15. The third-order valence-corrected chi connectivity index (χ3v) is 3.18. The molecule has 0 unspecified atom stereocenters. The zero-order chi connectivity index (χ0) is 13.4. The van der Waals surface area contributed by atoms with Gasteiger partial charge in [-0.1, -0.05) is 6.07 Å². The van der Waals surface area contributed by atoms with E-state index in [1.54, 1.807) is 6.92 Å². The van der Waals surface area contributed by atoms with Gasteiger partial charge in [-0.25, -0.2) is 0 Å². The normalized spacial score (nSPS) is 10.6. The van der Waals surface area contributed by atoms with E-state index in [4.69, 9.17) is 0 Å². The highest BCUT2D eigenvalue weighted by Crippen LogP contribution is 2.40. The molecule has 94 valence electrons. The summed E-state index contributed by atoms with van der Waals surface area (Å²) in [7, 11) is 0. The number of phenols is 3. The average Bonchev–Trinajstić information content (AvgIpc) is 2.31. The highest BCUT2D eigenvalue weighted by molar-refractivity contribution is 5.79. The number of aryl methyl sites for hydroxylation is 2. The highest BCUT2D eigenvalue weighted by Gasteiger charge is 2.15. The number of aromatic hydroxyl groups is 3. The maximum Gasteiger partial charge on any atom is 0.123 e. The maximum atomic E-state index is 9.99. The first-order valence-corrected chi connectivity index (χ1v) is 5.74. The van der Waals surface area contributed by atoms with Crippen molar-refractivity contribution in [1.82, 2.24) is 0 Å². The minimum absolute atomic E-state index is 0.0849. The lowest BCUT2D eigenvalue weighted by atomic mass is 9.92. The molecule has 18 heavy (non-hydrogen) atoms. The van der Waals surface area contributed by atoms with E-state index in [2.05, 4.69) is 0 Å². The van der Waals surface area contributed by atoms with Crippen molar-refractivity contribution in [3.8, 4) is 28.4 Å². The third kappa shape index (κ3) is 1.88. The second-order valence-corrected chi connectivity index (χ2v) is 4.56. The van der Waals surface area contributed by atoms with E-state index in [0.717, 1.165) is 16.7 Å². The molecule has 0 fully saturated rings. The summed E-state index contributed by atoms with van der Waals surface area (Å²) in [4.78, 5) is 0.